The molecule has 0 spiro atoms. The van der Waals surface area contributed by atoms with Crippen molar-refractivity contribution in [2.75, 3.05) is 10.8 Å². The minimum atomic E-state index is -3.86. The highest BCUT2D eigenvalue weighted by molar-refractivity contribution is 7.92. The fourth-order valence-electron chi connectivity index (χ4n) is 4.91. The van der Waals surface area contributed by atoms with Crippen LogP contribution in [0.25, 0.3) is 0 Å². The van der Waals surface area contributed by atoms with Crippen LogP contribution in [0.15, 0.2) is 53.4 Å². The van der Waals surface area contributed by atoms with Crippen LogP contribution >= 0.6 is 0 Å². The molecule has 0 aliphatic heterocycles. The second-order valence-electron chi connectivity index (χ2n) is 8.46. The lowest BCUT2D eigenvalue weighted by molar-refractivity contribution is -0.120. The maximum absolute atomic E-state index is 13.4. The number of carbonyl (C=O) groups is 1. The first-order chi connectivity index (χ1) is 13.8. The summed E-state index contributed by atoms with van der Waals surface area (Å²) in [6.07, 6.45) is 4.63. The molecule has 2 fully saturated rings. The zero-order valence-corrected chi connectivity index (χ0v) is 17.8. The number of anilines is 1. The quantitative estimate of drug-likeness (QED) is 0.785. The van der Waals surface area contributed by atoms with E-state index in [0.717, 1.165) is 17.5 Å². The third kappa shape index (κ3) is 4.04. The Hall–Kier alpha value is -2.34. The van der Waals surface area contributed by atoms with Crippen LogP contribution in [-0.4, -0.2) is 26.9 Å². The number of aryl methyl sites for hydroxylation is 2. The molecule has 29 heavy (non-hydrogen) atoms. The summed E-state index contributed by atoms with van der Waals surface area (Å²) in [6.45, 7) is 3.63. The van der Waals surface area contributed by atoms with E-state index in [1.807, 2.05) is 26.0 Å². The van der Waals surface area contributed by atoms with Gasteiger partial charge in [0.15, 0.2) is 0 Å². The van der Waals surface area contributed by atoms with Gasteiger partial charge < -0.3 is 5.32 Å². The largest absolute Gasteiger partial charge is 0.352 e. The van der Waals surface area contributed by atoms with Crippen LogP contribution in [0.1, 0.15) is 36.8 Å². The molecule has 0 heterocycles. The average Bonchev–Trinajstić information content (AvgIpc) is 3.30. The summed E-state index contributed by atoms with van der Waals surface area (Å²) in [5, 5.41) is 3.12. The Morgan fingerprint density at radius 2 is 1.83 bits per heavy atom. The molecule has 2 aromatic rings. The number of sulfonamides is 1. The summed E-state index contributed by atoms with van der Waals surface area (Å²) < 4.78 is 28.1. The van der Waals surface area contributed by atoms with Crippen molar-refractivity contribution in [1.82, 2.24) is 5.32 Å². The molecule has 0 saturated heterocycles. The SMILES string of the molecule is Cc1ccc(N(CC(=O)N[C@H]2C[C@@H]3CC[C@@H]2C3)S(=O)(=O)c2ccccc2)c(C)c1. The van der Waals surface area contributed by atoms with Crippen LogP contribution in [0.5, 0.6) is 0 Å². The molecular weight excluding hydrogens is 384 g/mol. The average molecular weight is 413 g/mol. The number of rotatable bonds is 6. The number of benzene rings is 2. The Kier molecular flexibility index (Phi) is 5.38. The Bertz CT molecular complexity index is 1000. The van der Waals surface area contributed by atoms with Crippen molar-refractivity contribution >= 4 is 21.6 Å². The van der Waals surface area contributed by atoms with Gasteiger partial charge >= 0.3 is 0 Å². The van der Waals surface area contributed by atoms with Crippen molar-refractivity contribution in [3.63, 3.8) is 0 Å². The highest BCUT2D eigenvalue weighted by Gasteiger charge is 2.40. The Morgan fingerprint density at radius 1 is 1.07 bits per heavy atom. The number of nitrogens with zero attached hydrogens (tertiary/aromatic N) is 1. The molecule has 3 atom stereocenters. The monoisotopic (exact) mass is 412 g/mol. The van der Waals surface area contributed by atoms with Crippen LogP contribution in [0, 0.1) is 25.7 Å². The van der Waals surface area contributed by atoms with Gasteiger partial charge in [0.05, 0.1) is 10.6 Å². The molecule has 1 N–H and O–H groups in total. The lowest BCUT2D eigenvalue weighted by atomic mass is 9.95. The molecule has 5 nitrogen and oxygen atoms in total. The van der Waals surface area contributed by atoms with Gasteiger partial charge in [0.25, 0.3) is 10.0 Å². The van der Waals surface area contributed by atoms with E-state index in [-0.39, 0.29) is 23.4 Å². The molecule has 2 aliphatic rings. The van der Waals surface area contributed by atoms with Crippen molar-refractivity contribution in [1.29, 1.82) is 0 Å². The highest BCUT2D eigenvalue weighted by atomic mass is 32.2. The zero-order valence-electron chi connectivity index (χ0n) is 17.0. The van der Waals surface area contributed by atoms with Gasteiger partial charge in [-0.2, -0.15) is 0 Å². The first-order valence-corrected chi connectivity index (χ1v) is 11.7. The molecule has 2 bridgehead atoms. The second kappa shape index (κ2) is 7.82. The fraction of sp³-hybridized carbons (Fsp3) is 0.435. The van der Waals surface area contributed by atoms with Gasteiger partial charge in [-0.05, 0) is 68.7 Å². The molecule has 0 radical (unpaired) electrons. The topological polar surface area (TPSA) is 66.5 Å². The van der Waals surface area contributed by atoms with Crippen LogP contribution in [-0.2, 0) is 14.8 Å². The minimum Gasteiger partial charge on any atom is -0.352 e. The molecule has 6 heteroatoms. The summed E-state index contributed by atoms with van der Waals surface area (Å²) in [5.41, 5.74) is 2.43. The number of nitrogens with one attached hydrogen (secondary N) is 1. The standard InChI is InChI=1S/C23H28N2O3S/c1-16-8-11-22(17(2)12-16)25(29(27,28)20-6-4-3-5-7-20)15-23(26)24-21-14-18-9-10-19(21)13-18/h3-8,11-12,18-19,21H,9-10,13-15H2,1-2H3,(H,24,26)/t18-,19-,21+/m1/s1. The second-order valence-corrected chi connectivity index (χ2v) is 10.3. The molecule has 1 amide bonds. The molecule has 2 saturated carbocycles. The van der Waals surface area contributed by atoms with Crippen molar-refractivity contribution in [2.45, 2.75) is 50.5 Å². The summed E-state index contributed by atoms with van der Waals surface area (Å²) in [4.78, 5) is 13.1. The lowest BCUT2D eigenvalue weighted by Gasteiger charge is -2.28. The first kappa shape index (κ1) is 20.0. The predicted molar refractivity (Wildman–Crippen MR) is 114 cm³/mol. The molecule has 2 aliphatic carbocycles. The van der Waals surface area contributed by atoms with E-state index < -0.39 is 10.0 Å². The third-order valence-corrected chi connectivity index (χ3v) is 8.10. The summed E-state index contributed by atoms with van der Waals surface area (Å²) >= 11 is 0. The first-order valence-electron chi connectivity index (χ1n) is 10.3. The number of carbonyl (C=O) groups excluding carboxylic acids is 1. The van der Waals surface area contributed by atoms with E-state index in [4.69, 9.17) is 0 Å². The van der Waals surface area contributed by atoms with Crippen molar-refractivity contribution in [3.8, 4) is 0 Å². The fourth-order valence-corrected chi connectivity index (χ4v) is 6.42. The molecule has 4 rings (SSSR count). The molecular formula is C23H28N2O3S. The number of hydrogen-bond acceptors (Lipinski definition) is 3. The zero-order chi connectivity index (χ0) is 20.6. The molecule has 2 aromatic carbocycles. The van der Waals surface area contributed by atoms with Gasteiger partial charge in [-0.3, -0.25) is 9.10 Å². The van der Waals surface area contributed by atoms with Gasteiger partial charge in [-0.1, -0.05) is 42.3 Å². The van der Waals surface area contributed by atoms with Gasteiger partial charge in [-0.15, -0.1) is 0 Å². The Labute approximate surface area is 173 Å². The maximum Gasteiger partial charge on any atom is 0.264 e. The van der Waals surface area contributed by atoms with Gasteiger partial charge in [0, 0.05) is 6.04 Å². The van der Waals surface area contributed by atoms with E-state index in [0.29, 0.717) is 17.5 Å². The highest BCUT2D eigenvalue weighted by Crippen LogP contribution is 2.44. The third-order valence-electron chi connectivity index (χ3n) is 6.32. The van der Waals surface area contributed by atoms with Crippen molar-refractivity contribution in [3.05, 3.63) is 59.7 Å². The normalized spacial score (nSPS) is 23.2. The van der Waals surface area contributed by atoms with E-state index in [1.54, 1.807) is 36.4 Å². The van der Waals surface area contributed by atoms with E-state index in [1.165, 1.54) is 23.6 Å². The lowest BCUT2D eigenvalue weighted by Crippen LogP contribution is -2.46. The van der Waals surface area contributed by atoms with Crippen LogP contribution in [0.4, 0.5) is 5.69 Å². The molecule has 154 valence electrons. The summed E-state index contributed by atoms with van der Waals surface area (Å²) in [7, 11) is -3.86. The van der Waals surface area contributed by atoms with E-state index in [9.17, 15) is 13.2 Å². The predicted octanol–water partition coefficient (Wildman–Crippen LogP) is 3.80. The van der Waals surface area contributed by atoms with Gasteiger partial charge in [0.2, 0.25) is 5.91 Å². The summed E-state index contributed by atoms with van der Waals surface area (Å²) in [6, 6.07) is 14.1. The summed E-state index contributed by atoms with van der Waals surface area (Å²) in [5.74, 6) is 1.03. The van der Waals surface area contributed by atoms with Gasteiger partial charge in [-0.25, -0.2) is 8.42 Å². The van der Waals surface area contributed by atoms with E-state index >= 15 is 0 Å². The van der Waals surface area contributed by atoms with Crippen LogP contribution in [0.2, 0.25) is 0 Å². The van der Waals surface area contributed by atoms with Gasteiger partial charge in [0.1, 0.15) is 6.54 Å². The molecule has 0 aromatic heterocycles. The smallest absolute Gasteiger partial charge is 0.264 e. The molecule has 0 unspecified atom stereocenters. The van der Waals surface area contributed by atoms with Crippen LogP contribution < -0.4 is 9.62 Å². The maximum atomic E-state index is 13.4. The van der Waals surface area contributed by atoms with Crippen molar-refractivity contribution < 1.29 is 13.2 Å². The van der Waals surface area contributed by atoms with Crippen LogP contribution in [0.3, 0.4) is 0 Å². The number of fused-ring (bicyclic) bond motifs is 2. The van der Waals surface area contributed by atoms with E-state index in [2.05, 4.69) is 5.32 Å². The Balaban J connectivity index is 1.62. The number of hydrogen-bond donors (Lipinski definition) is 1. The minimum absolute atomic E-state index is 0.182. The number of amides is 1. The Morgan fingerprint density at radius 3 is 2.45 bits per heavy atom. The van der Waals surface area contributed by atoms with Crippen molar-refractivity contribution in [2.24, 2.45) is 11.8 Å².